The summed E-state index contributed by atoms with van der Waals surface area (Å²) in [5.41, 5.74) is 2.51. The van der Waals surface area contributed by atoms with Gasteiger partial charge in [0, 0.05) is 28.4 Å². The number of para-hydroxylation sites is 1. The second-order valence-corrected chi connectivity index (χ2v) is 4.01. The molecule has 0 amide bonds. The van der Waals surface area contributed by atoms with Crippen molar-refractivity contribution in [2.45, 2.75) is 6.92 Å². The van der Waals surface area contributed by atoms with Crippen LogP contribution in [-0.4, -0.2) is 4.57 Å². The number of fused-ring (bicyclic) bond motifs is 1. The molecular formula is C15H13N. The molecule has 1 nitrogen and oxygen atoms in total. The molecule has 1 aromatic heterocycles. The first-order chi connectivity index (χ1) is 7.86. The molecule has 0 bridgehead atoms. The molecule has 78 valence electrons. The largest absolute Gasteiger partial charge is 0.320 e. The lowest BCUT2D eigenvalue weighted by atomic mass is 10.2. The van der Waals surface area contributed by atoms with Crippen molar-refractivity contribution < 1.29 is 0 Å². The highest BCUT2D eigenvalue weighted by Crippen LogP contribution is 2.23. The lowest BCUT2D eigenvalue weighted by molar-refractivity contribution is 1.02. The van der Waals surface area contributed by atoms with Gasteiger partial charge < -0.3 is 4.57 Å². The Bertz CT molecular complexity index is 620. The maximum absolute atomic E-state index is 2.24. The van der Waals surface area contributed by atoms with E-state index in [4.69, 9.17) is 0 Å². The zero-order valence-electron chi connectivity index (χ0n) is 9.22. The van der Waals surface area contributed by atoms with Crippen molar-refractivity contribution in [2.75, 3.05) is 0 Å². The van der Waals surface area contributed by atoms with Crippen molar-refractivity contribution in [3.63, 3.8) is 0 Å². The topological polar surface area (TPSA) is 4.93 Å². The Morgan fingerprint density at radius 1 is 0.812 bits per heavy atom. The van der Waals surface area contributed by atoms with Gasteiger partial charge in [0.1, 0.15) is 0 Å². The molecule has 0 N–H and O–H groups in total. The molecule has 1 heterocycles. The summed E-state index contributed by atoms with van der Waals surface area (Å²) in [6.45, 7) is 2.16. The third kappa shape index (κ3) is 1.33. The number of aromatic nitrogens is 1. The Hall–Kier alpha value is -2.02. The molecule has 3 rings (SSSR count). The van der Waals surface area contributed by atoms with E-state index in [0.29, 0.717) is 0 Å². The highest BCUT2D eigenvalue weighted by Gasteiger charge is 2.05. The van der Waals surface area contributed by atoms with Gasteiger partial charge in [0.15, 0.2) is 0 Å². The molecule has 0 saturated carbocycles. The van der Waals surface area contributed by atoms with Gasteiger partial charge in [0.25, 0.3) is 0 Å². The highest BCUT2D eigenvalue weighted by molar-refractivity contribution is 5.86. The standard InChI is InChI=1S/C15H13N/c1-12-15-10-6-5-7-13(15)11-16(12)14-8-3-2-4-9-14/h2-11H,1H3. The first-order valence-electron chi connectivity index (χ1n) is 5.48. The van der Waals surface area contributed by atoms with E-state index in [0.717, 1.165) is 0 Å². The summed E-state index contributed by atoms with van der Waals surface area (Å²) in [6, 6.07) is 18.9. The average molecular weight is 207 g/mol. The molecule has 0 unspecified atom stereocenters. The van der Waals surface area contributed by atoms with Crippen LogP contribution in [0.25, 0.3) is 16.5 Å². The summed E-state index contributed by atoms with van der Waals surface area (Å²) in [4.78, 5) is 0. The second-order valence-electron chi connectivity index (χ2n) is 4.01. The van der Waals surface area contributed by atoms with E-state index in [9.17, 15) is 0 Å². The molecular weight excluding hydrogens is 194 g/mol. The summed E-state index contributed by atoms with van der Waals surface area (Å²) in [6.07, 6.45) is 2.19. The van der Waals surface area contributed by atoms with Gasteiger partial charge >= 0.3 is 0 Å². The molecule has 0 spiro atoms. The number of rotatable bonds is 1. The number of benzene rings is 2. The van der Waals surface area contributed by atoms with E-state index < -0.39 is 0 Å². The Morgan fingerprint density at radius 2 is 1.50 bits per heavy atom. The van der Waals surface area contributed by atoms with Crippen molar-refractivity contribution >= 4 is 10.8 Å². The van der Waals surface area contributed by atoms with E-state index in [1.165, 1.54) is 22.2 Å². The molecule has 1 heteroatoms. The minimum atomic E-state index is 1.22. The number of aryl methyl sites for hydroxylation is 1. The van der Waals surface area contributed by atoms with E-state index in [-0.39, 0.29) is 0 Å². The number of nitrogens with zero attached hydrogens (tertiary/aromatic N) is 1. The van der Waals surface area contributed by atoms with Crippen molar-refractivity contribution in [1.82, 2.24) is 4.57 Å². The smallest absolute Gasteiger partial charge is 0.0452 e. The van der Waals surface area contributed by atoms with E-state index in [1.807, 2.05) is 6.07 Å². The summed E-state index contributed by atoms with van der Waals surface area (Å²) in [5, 5.41) is 2.62. The molecule has 16 heavy (non-hydrogen) atoms. The van der Waals surface area contributed by atoms with Gasteiger partial charge in [-0.25, -0.2) is 0 Å². The van der Waals surface area contributed by atoms with Gasteiger partial charge in [-0.15, -0.1) is 0 Å². The van der Waals surface area contributed by atoms with Crippen LogP contribution in [0.4, 0.5) is 0 Å². The fourth-order valence-corrected chi connectivity index (χ4v) is 2.16. The molecule has 0 aliphatic carbocycles. The first-order valence-corrected chi connectivity index (χ1v) is 5.48. The van der Waals surface area contributed by atoms with Gasteiger partial charge in [-0.1, -0.05) is 42.5 Å². The molecule has 0 atom stereocenters. The van der Waals surface area contributed by atoms with Crippen LogP contribution >= 0.6 is 0 Å². The fraction of sp³-hybridized carbons (Fsp3) is 0.0667. The van der Waals surface area contributed by atoms with Gasteiger partial charge in [0.05, 0.1) is 0 Å². The second kappa shape index (κ2) is 3.53. The van der Waals surface area contributed by atoms with Gasteiger partial charge in [-0.05, 0) is 19.1 Å². The van der Waals surface area contributed by atoms with Crippen LogP contribution in [-0.2, 0) is 0 Å². The van der Waals surface area contributed by atoms with Gasteiger partial charge in [-0.3, -0.25) is 0 Å². The quantitative estimate of drug-likeness (QED) is 0.569. The summed E-state index contributed by atoms with van der Waals surface area (Å²) >= 11 is 0. The maximum atomic E-state index is 2.24. The molecule has 0 fully saturated rings. The van der Waals surface area contributed by atoms with E-state index >= 15 is 0 Å². The minimum Gasteiger partial charge on any atom is -0.320 e. The van der Waals surface area contributed by atoms with Crippen LogP contribution in [0.3, 0.4) is 0 Å². The van der Waals surface area contributed by atoms with Crippen LogP contribution < -0.4 is 0 Å². The highest BCUT2D eigenvalue weighted by atomic mass is 15.0. The predicted molar refractivity (Wildman–Crippen MR) is 68.0 cm³/mol. The van der Waals surface area contributed by atoms with Crippen molar-refractivity contribution in [3.8, 4) is 5.69 Å². The fourth-order valence-electron chi connectivity index (χ4n) is 2.16. The van der Waals surface area contributed by atoms with Crippen LogP contribution in [0.5, 0.6) is 0 Å². The summed E-state index contributed by atoms with van der Waals surface area (Å²) < 4.78 is 2.24. The normalized spacial score (nSPS) is 10.8. The van der Waals surface area contributed by atoms with Crippen LogP contribution in [0.2, 0.25) is 0 Å². The molecule has 0 aliphatic rings. The minimum absolute atomic E-state index is 1.22. The van der Waals surface area contributed by atoms with Gasteiger partial charge in [0.2, 0.25) is 0 Å². The molecule has 0 saturated heterocycles. The zero-order valence-corrected chi connectivity index (χ0v) is 9.22. The third-order valence-electron chi connectivity index (χ3n) is 3.01. The predicted octanol–water partition coefficient (Wildman–Crippen LogP) is 3.94. The SMILES string of the molecule is Cc1c2ccccc2cn1-c1ccccc1. The first kappa shape index (κ1) is 9.22. The Kier molecular flexibility index (Phi) is 2.03. The molecule has 3 aromatic rings. The van der Waals surface area contributed by atoms with Crippen molar-refractivity contribution in [1.29, 1.82) is 0 Å². The van der Waals surface area contributed by atoms with Crippen LogP contribution in [0, 0.1) is 6.92 Å². The lowest BCUT2D eigenvalue weighted by Crippen LogP contribution is -1.93. The third-order valence-corrected chi connectivity index (χ3v) is 3.01. The number of hydrogen-bond donors (Lipinski definition) is 0. The van der Waals surface area contributed by atoms with Gasteiger partial charge in [-0.2, -0.15) is 0 Å². The summed E-state index contributed by atoms with van der Waals surface area (Å²) in [7, 11) is 0. The Balaban J connectivity index is 2.29. The van der Waals surface area contributed by atoms with Crippen LogP contribution in [0.15, 0.2) is 60.8 Å². The van der Waals surface area contributed by atoms with Crippen LogP contribution in [0.1, 0.15) is 5.69 Å². The van der Waals surface area contributed by atoms with Crippen molar-refractivity contribution in [3.05, 3.63) is 66.5 Å². The molecule has 0 radical (unpaired) electrons. The Labute approximate surface area is 95.0 Å². The number of hydrogen-bond acceptors (Lipinski definition) is 0. The zero-order chi connectivity index (χ0) is 11.0. The lowest BCUT2D eigenvalue weighted by Gasteiger charge is -2.04. The maximum Gasteiger partial charge on any atom is 0.0452 e. The molecule has 2 aromatic carbocycles. The summed E-state index contributed by atoms with van der Waals surface area (Å²) in [5.74, 6) is 0. The molecule has 0 aliphatic heterocycles. The monoisotopic (exact) mass is 207 g/mol. The van der Waals surface area contributed by atoms with E-state index in [2.05, 4.69) is 66.2 Å². The Morgan fingerprint density at radius 3 is 2.25 bits per heavy atom. The average Bonchev–Trinajstić information content (AvgIpc) is 2.69. The van der Waals surface area contributed by atoms with Crippen molar-refractivity contribution in [2.24, 2.45) is 0 Å². The van der Waals surface area contributed by atoms with E-state index in [1.54, 1.807) is 0 Å².